The number of hydrogen-bond donors (Lipinski definition) is 0. The Bertz CT molecular complexity index is 379. The molecule has 1 saturated heterocycles. The van der Waals surface area contributed by atoms with Crippen molar-refractivity contribution in [2.24, 2.45) is 11.8 Å². The van der Waals surface area contributed by atoms with Gasteiger partial charge in [0, 0.05) is 12.2 Å². The van der Waals surface area contributed by atoms with Gasteiger partial charge in [0.25, 0.3) is 0 Å². The fraction of sp³-hybridized carbons (Fsp3) is 0.500. The van der Waals surface area contributed by atoms with Gasteiger partial charge in [0.1, 0.15) is 6.04 Å². The summed E-state index contributed by atoms with van der Waals surface area (Å²) in [4.78, 5) is 2.25. The molecule has 0 amide bonds. The Morgan fingerprint density at radius 2 is 1.94 bits per heavy atom. The van der Waals surface area contributed by atoms with E-state index in [-0.39, 0.29) is 6.04 Å². The van der Waals surface area contributed by atoms with Gasteiger partial charge < -0.3 is 4.90 Å². The number of nitriles is 1. The molecule has 2 heteroatoms. The highest BCUT2D eigenvalue weighted by Gasteiger charge is 2.31. The smallest absolute Gasteiger partial charge is 0.119 e. The van der Waals surface area contributed by atoms with Crippen LogP contribution in [0.25, 0.3) is 0 Å². The van der Waals surface area contributed by atoms with Gasteiger partial charge in [-0.15, -0.1) is 0 Å². The molecule has 1 aromatic carbocycles. The average Bonchev–Trinajstić information content (AvgIpc) is 2.29. The zero-order valence-corrected chi connectivity index (χ0v) is 9.93. The molecular weight excluding hydrogens is 196 g/mol. The van der Waals surface area contributed by atoms with Gasteiger partial charge in [0.05, 0.1) is 6.07 Å². The molecule has 0 bridgehead atoms. The Morgan fingerprint density at radius 1 is 1.25 bits per heavy atom. The van der Waals surface area contributed by atoms with Crippen LogP contribution in [0, 0.1) is 23.2 Å². The van der Waals surface area contributed by atoms with Crippen molar-refractivity contribution in [3.05, 3.63) is 30.3 Å². The number of anilines is 1. The third-order valence-corrected chi connectivity index (χ3v) is 3.38. The van der Waals surface area contributed by atoms with E-state index in [2.05, 4.69) is 36.9 Å². The summed E-state index contributed by atoms with van der Waals surface area (Å²) in [6, 6.07) is 12.7. The molecule has 0 saturated carbocycles. The third kappa shape index (κ3) is 2.04. The predicted molar refractivity (Wildman–Crippen MR) is 66.1 cm³/mol. The van der Waals surface area contributed by atoms with Crippen molar-refractivity contribution >= 4 is 5.69 Å². The number of rotatable bonds is 1. The molecule has 2 rings (SSSR count). The van der Waals surface area contributed by atoms with Crippen molar-refractivity contribution in [1.29, 1.82) is 5.26 Å². The van der Waals surface area contributed by atoms with Gasteiger partial charge in [-0.3, -0.25) is 0 Å². The van der Waals surface area contributed by atoms with Crippen LogP contribution in [-0.4, -0.2) is 12.6 Å². The zero-order chi connectivity index (χ0) is 11.5. The first-order valence-electron chi connectivity index (χ1n) is 5.93. The first kappa shape index (κ1) is 11.0. The van der Waals surface area contributed by atoms with Crippen LogP contribution in [0.1, 0.15) is 20.3 Å². The molecule has 0 radical (unpaired) electrons. The van der Waals surface area contributed by atoms with Gasteiger partial charge in [-0.25, -0.2) is 0 Å². The van der Waals surface area contributed by atoms with Gasteiger partial charge in [-0.05, 0) is 30.4 Å². The maximum atomic E-state index is 9.29. The average molecular weight is 214 g/mol. The second-order valence-corrected chi connectivity index (χ2v) is 4.88. The Hall–Kier alpha value is -1.49. The van der Waals surface area contributed by atoms with Crippen LogP contribution in [0.2, 0.25) is 0 Å². The lowest BCUT2D eigenvalue weighted by atomic mass is 9.85. The largest absolute Gasteiger partial charge is 0.355 e. The second kappa shape index (κ2) is 4.57. The molecule has 1 fully saturated rings. The van der Waals surface area contributed by atoms with Crippen molar-refractivity contribution in [1.82, 2.24) is 0 Å². The van der Waals surface area contributed by atoms with Crippen molar-refractivity contribution < 1.29 is 0 Å². The molecule has 0 aliphatic carbocycles. The normalized spacial score (nSPS) is 29.8. The Kier molecular flexibility index (Phi) is 3.14. The summed E-state index contributed by atoms with van der Waals surface area (Å²) < 4.78 is 0. The fourth-order valence-electron chi connectivity index (χ4n) is 2.68. The fourth-order valence-corrected chi connectivity index (χ4v) is 2.68. The summed E-state index contributed by atoms with van der Waals surface area (Å²) in [7, 11) is 0. The predicted octanol–water partition coefficient (Wildman–Crippen LogP) is 3.06. The molecule has 16 heavy (non-hydrogen) atoms. The second-order valence-electron chi connectivity index (χ2n) is 4.88. The molecule has 0 aromatic heterocycles. The summed E-state index contributed by atoms with van der Waals surface area (Å²) in [6.45, 7) is 5.44. The lowest BCUT2D eigenvalue weighted by molar-refractivity contribution is 0.319. The van der Waals surface area contributed by atoms with Gasteiger partial charge in [0.2, 0.25) is 0 Å². The van der Waals surface area contributed by atoms with E-state index in [1.165, 1.54) is 5.69 Å². The number of benzene rings is 1. The standard InChI is InChI=1S/C14H18N2/c1-11-8-12(2)14(9-15)16(10-11)13-6-4-3-5-7-13/h3-7,11-12,14H,8,10H2,1-2H3/t11-,12+,14+/m0/s1. The quantitative estimate of drug-likeness (QED) is 0.718. The number of para-hydroxylation sites is 1. The Morgan fingerprint density at radius 3 is 2.56 bits per heavy atom. The highest BCUT2D eigenvalue weighted by molar-refractivity contribution is 5.49. The number of piperidine rings is 1. The highest BCUT2D eigenvalue weighted by Crippen LogP contribution is 2.30. The van der Waals surface area contributed by atoms with E-state index in [4.69, 9.17) is 0 Å². The lowest BCUT2D eigenvalue weighted by Gasteiger charge is -2.40. The number of nitrogens with zero attached hydrogens (tertiary/aromatic N) is 2. The van der Waals surface area contributed by atoms with Gasteiger partial charge in [-0.2, -0.15) is 5.26 Å². The van der Waals surface area contributed by atoms with Crippen LogP contribution in [0.5, 0.6) is 0 Å². The van der Waals surface area contributed by atoms with Crippen LogP contribution in [0.15, 0.2) is 30.3 Å². The first-order valence-corrected chi connectivity index (χ1v) is 5.93. The van der Waals surface area contributed by atoms with Crippen LogP contribution in [0.4, 0.5) is 5.69 Å². The Labute approximate surface area is 97.5 Å². The molecular formula is C14H18N2. The third-order valence-electron chi connectivity index (χ3n) is 3.38. The minimum Gasteiger partial charge on any atom is -0.355 e. The maximum Gasteiger partial charge on any atom is 0.119 e. The maximum absolute atomic E-state index is 9.29. The lowest BCUT2D eigenvalue weighted by Crippen LogP contribution is -2.46. The van der Waals surface area contributed by atoms with Crippen molar-refractivity contribution in [3.8, 4) is 6.07 Å². The molecule has 1 heterocycles. The molecule has 1 aromatic rings. The topological polar surface area (TPSA) is 27.0 Å². The minimum atomic E-state index is 0.0265. The van der Waals surface area contributed by atoms with Gasteiger partial charge >= 0.3 is 0 Å². The van der Waals surface area contributed by atoms with Crippen LogP contribution in [0.3, 0.4) is 0 Å². The van der Waals surface area contributed by atoms with Crippen LogP contribution in [-0.2, 0) is 0 Å². The van der Waals surface area contributed by atoms with Crippen molar-refractivity contribution in [2.45, 2.75) is 26.3 Å². The van der Waals surface area contributed by atoms with Crippen molar-refractivity contribution in [3.63, 3.8) is 0 Å². The molecule has 1 aliphatic rings. The van der Waals surface area contributed by atoms with E-state index >= 15 is 0 Å². The molecule has 3 atom stereocenters. The van der Waals surface area contributed by atoms with E-state index < -0.39 is 0 Å². The first-order chi connectivity index (χ1) is 7.72. The van der Waals surface area contributed by atoms with Crippen LogP contribution >= 0.6 is 0 Å². The van der Waals surface area contributed by atoms with Crippen molar-refractivity contribution in [2.75, 3.05) is 11.4 Å². The van der Waals surface area contributed by atoms with Gasteiger partial charge in [0.15, 0.2) is 0 Å². The van der Waals surface area contributed by atoms with E-state index in [9.17, 15) is 5.26 Å². The molecule has 0 unspecified atom stereocenters. The van der Waals surface area contributed by atoms with E-state index in [0.717, 1.165) is 13.0 Å². The monoisotopic (exact) mass is 214 g/mol. The summed E-state index contributed by atoms with van der Waals surface area (Å²) >= 11 is 0. The summed E-state index contributed by atoms with van der Waals surface area (Å²) in [5.41, 5.74) is 1.17. The van der Waals surface area contributed by atoms with Gasteiger partial charge in [-0.1, -0.05) is 32.0 Å². The van der Waals surface area contributed by atoms with E-state index in [0.29, 0.717) is 11.8 Å². The number of hydrogen-bond acceptors (Lipinski definition) is 2. The minimum absolute atomic E-state index is 0.0265. The Balaban J connectivity index is 2.27. The summed E-state index contributed by atoms with van der Waals surface area (Å²) in [5, 5.41) is 9.29. The summed E-state index contributed by atoms with van der Waals surface area (Å²) in [6.07, 6.45) is 1.15. The molecule has 84 valence electrons. The van der Waals surface area contributed by atoms with Crippen LogP contribution < -0.4 is 4.90 Å². The highest BCUT2D eigenvalue weighted by atomic mass is 15.2. The molecule has 1 aliphatic heterocycles. The molecule has 0 spiro atoms. The van der Waals surface area contributed by atoms with E-state index in [1.807, 2.05) is 18.2 Å². The molecule has 0 N–H and O–H groups in total. The molecule has 2 nitrogen and oxygen atoms in total. The summed E-state index contributed by atoms with van der Waals surface area (Å²) in [5.74, 6) is 1.12. The van der Waals surface area contributed by atoms with E-state index in [1.54, 1.807) is 0 Å². The SMILES string of the molecule is C[C@H]1C[C@@H](C)[C@@H](C#N)N(c2ccccc2)C1. The zero-order valence-electron chi connectivity index (χ0n) is 9.93.